The Morgan fingerprint density at radius 2 is 2.15 bits per heavy atom. The van der Waals surface area contributed by atoms with E-state index in [2.05, 4.69) is 5.32 Å². The van der Waals surface area contributed by atoms with Crippen molar-refractivity contribution in [3.8, 4) is 0 Å². The summed E-state index contributed by atoms with van der Waals surface area (Å²) in [4.78, 5) is 1.66. The summed E-state index contributed by atoms with van der Waals surface area (Å²) in [6, 6.07) is 9.16. The maximum absolute atomic E-state index is 11.6. The quantitative estimate of drug-likeness (QED) is 0.929. The molecule has 6 heteroatoms. The summed E-state index contributed by atoms with van der Waals surface area (Å²) in [5.74, 6) is 0. The van der Waals surface area contributed by atoms with Crippen molar-refractivity contribution in [2.24, 2.45) is 0 Å². The van der Waals surface area contributed by atoms with Crippen LogP contribution < -0.4 is 5.32 Å². The second-order valence-corrected chi connectivity index (χ2v) is 8.75. The van der Waals surface area contributed by atoms with Crippen LogP contribution in [0.5, 0.6) is 0 Å². The standard InChI is InChI=1S/C14H14ClNO2S2/c1-20(17,18)10-4-2-3-9(7-10)16-12-5-6-13-11(12)8-14(15)19-13/h2-4,7-8,12,16H,5-6H2,1H3. The van der Waals surface area contributed by atoms with E-state index in [0.29, 0.717) is 4.90 Å². The summed E-state index contributed by atoms with van der Waals surface area (Å²) < 4.78 is 24.0. The molecular weight excluding hydrogens is 314 g/mol. The lowest BCUT2D eigenvalue weighted by Gasteiger charge is -2.15. The van der Waals surface area contributed by atoms with Gasteiger partial charge in [0.25, 0.3) is 0 Å². The van der Waals surface area contributed by atoms with E-state index in [1.54, 1.807) is 29.5 Å². The van der Waals surface area contributed by atoms with E-state index in [0.717, 1.165) is 22.9 Å². The maximum Gasteiger partial charge on any atom is 0.175 e. The van der Waals surface area contributed by atoms with Crippen molar-refractivity contribution in [3.05, 3.63) is 45.1 Å². The fourth-order valence-electron chi connectivity index (χ4n) is 2.50. The van der Waals surface area contributed by atoms with Crippen LogP contribution in [0.25, 0.3) is 0 Å². The van der Waals surface area contributed by atoms with Crippen LogP contribution in [0.2, 0.25) is 4.34 Å². The molecule has 0 bridgehead atoms. The van der Waals surface area contributed by atoms with Crippen molar-refractivity contribution in [2.75, 3.05) is 11.6 Å². The van der Waals surface area contributed by atoms with Crippen molar-refractivity contribution in [1.82, 2.24) is 0 Å². The zero-order valence-electron chi connectivity index (χ0n) is 10.9. The number of hydrogen-bond acceptors (Lipinski definition) is 4. The summed E-state index contributed by atoms with van der Waals surface area (Å²) in [7, 11) is -3.17. The highest BCUT2D eigenvalue weighted by atomic mass is 35.5. The first-order chi connectivity index (χ1) is 9.43. The average Bonchev–Trinajstić information content (AvgIpc) is 2.90. The smallest absolute Gasteiger partial charge is 0.175 e. The molecule has 1 aliphatic rings. The van der Waals surface area contributed by atoms with Gasteiger partial charge in [0.15, 0.2) is 9.84 Å². The molecule has 1 heterocycles. The summed E-state index contributed by atoms with van der Waals surface area (Å²) in [6.45, 7) is 0. The minimum absolute atomic E-state index is 0.212. The Kier molecular flexibility index (Phi) is 3.52. The van der Waals surface area contributed by atoms with Crippen molar-refractivity contribution in [2.45, 2.75) is 23.8 Å². The Bertz CT molecular complexity index is 752. The third-order valence-electron chi connectivity index (χ3n) is 3.45. The van der Waals surface area contributed by atoms with Gasteiger partial charge in [0.05, 0.1) is 15.3 Å². The number of anilines is 1. The Morgan fingerprint density at radius 1 is 1.35 bits per heavy atom. The molecule has 3 rings (SSSR count). The molecular formula is C14H14ClNO2S2. The number of hydrogen-bond donors (Lipinski definition) is 1. The molecule has 3 nitrogen and oxygen atoms in total. The molecule has 0 radical (unpaired) electrons. The molecule has 0 saturated heterocycles. The van der Waals surface area contributed by atoms with E-state index in [1.807, 2.05) is 12.1 Å². The van der Waals surface area contributed by atoms with Gasteiger partial charge in [-0.2, -0.15) is 0 Å². The number of sulfone groups is 1. The van der Waals surface area contributed by atoms with Crippen LogP contribution in [0.3, 0.4) is 0 Å². The Hall–Kier alpha value is -1.04. The van der Waals surface area contributed by atoms with Crippen molar-refractivity contribution in [3.63, 3.8) is 0 Å². The first-order valence-corrected chi connectivity index (χ1v) is 9.37. The number of rotatable bonds is 3. The molecule has 1 aromatic carbocycles. The van der Waals surface area contributed by atoms with Crippen LogP contribution in [0, 0.1) is 0 Å². The van der Waals surface area contributed by atoms with Crippen LogP contribution in [-0.2, 0) is 16.3 Å². The summed E-state index contributed by atoms with van der Waals surface area (Å²) in [6.07, 6.45) is 3.26. The number of thiophene rings is 1. The highest BCUT2D eigenvalue weighted by Gasteiger charge is 2.25. The molecule has 2 aromatic rings. The average molecular weight is 328 g/mol. The third-order valence-corrected chi connectivity index (χ3v) is 5.90. The van der Waals surface area contributed by atoms with Crippen LogP contribution in [0.15, 0.2) is 35.2 Å². The predicted octanol–water partition coefficient (Wildman–Crippen LogP) is 3.90. The van der Waals surface area contributed by atoms with Gasteiger partial charge in [-0.05, 0) is 42.7 Å². The number of halogens is 1. The molecule has 1 unspecified atom stereocenters. The molecule has 0 amide bonds. The molecule has 0 spiro atoms. The van der Waals surface area contributed by atoms with Crippen LogP contribution >= 0.6 is 22.9 Å². The molecule has 0 fully saturated rings. The van der Waals surface area contributed by atoms with E-state index < -0.39 is 9.84 Å². The monoisotopic (exact) mass is 327 g/mol. The van der Waals surface area contributed by atoms with Crippen molar-refractivity contribution in [1.29, 1.82) is 0 Å². The van der Waals surface area contributed by atoms with Gasteiger partial charge in [0.2, 0.25) is 0 Å². The van der Waals surface area contributed by atoms with Gasteiger partial charge >= 0.3 is 0 Å². The molecule has 0 saturated carbocycles. The van der Waals surface area contributed by atoms with E-state index in [-0.39, 0.29) is 6.04 Å². The first-order valence-electron chi connectivity index (χ1n) is 6.28. The topological polar surface area (TPSA) is 46.2 Å². The lowest BCUT2D eigenvalue weighted by molar-refractivity contribution is 0.602. The maximum atomic E-state index is 11.6. The molecule has 1 atom stereocenters. The fraction of sp³-hybridized carbons (Fsp3) is 0.286. The van der Waals surface area contributed by atoms with Gasteiger partial charge in [-0.25, -0.2) is 8.42 Å². The highest BCUT2D eigenvalue weighted by Crippen LogP contribution is 2.40. The highest BCUT2D eigenvalue weighted by molar-refractivity contribution is 7.90. The Labute approximate surface area is 127 Å². The van der Waals surface area contributed by atoms with Crippen molar-refractivity contribution >= 4 is 38.5 Å². The molecule has 1 aliphatic carbocycles. The number of benzene rings is 1. The lowest BCUT2D eigenvalue weighted by Crippen LogP contribution is -2.07. The predicted molar refractivity (Wildman–Crippen MR) is 83.6 cm³/mol. The van der Waals surface area contributed by atoms with E-state index >= 15 is 0 Å². The minimum Gasteiger partial charge on any atom is -0.378 e. The molecule has 0 aliphatic heterocycles. The Balaban J connectivity index is 1.86. The number of nitrogens with one attached hydrogen (secondary N) is 1. The van der Waals surface area contributed by atoms with Gasteiger partial charge in [-0.3, -0.25) is 0 Å². The SMILES string of the molecule is CS(=O)(=O)c1cccc(NC2CCc3sc(Cl)cc32)c1. The fourth-order valence-corrected chi connectivity index (χ4v) is 4.52. The third kappa shape index (κ3) is 2.71. The zero-order valence-corrected chi connectivity index (χ0v) is 13.3. The summed E-state index contributed by atoms with van der Waals surface area (Å²) >= 11 is 7.67. The minimum atomic E-state index is -3.17. The molecule has 20 heavy (non-hydrogen) atoms. The summed E-state index contributed by atoms with van der Waals surface area (Å²) in [5.41, 5.74) is 2.07. The molecule has 1 aromatic heterocycles. The Morgan fingerprint density at radius 3 is 2.90 bits per heavy atom. The first kappa shape index (κ1) is 13.9. The second kappa shape index (κ2) is 5.06. The van der Waals surface area contributed by atoms with Gasteiger partial charge in [-0.15, -0.1) is 11.3 Å². The van der Waals surface area contributed by atoms with Crippen LogP contribution in [0.4, 0.5) is 5.69 Å². The molecule has 106 valence electrons. The van der Waals surface area contributed by atoms with Gasteiger partial charge < -0.3 is 5.32 Å². The molecule has 1 N–H and O–H groups in total. The summed E-state index contributed by atoms with van der Waals surface area (Å²) in [5, 5.41) is 3.41. The van der Waals surface area contributed by atoms with Gasteiger partial charge in [0.1, 0.15) is 0 Å². The normalized spacial score (nSPS) is 18.0. The van der Waals surface area contributed by atoms with E-state index in [4.69, 9.17) is 11.6 Å². The van der Waals surface area contributed by atoms with Crippen LogP contribution in [-0.4, -0.2) is 14.7 Å². The largest absolute Gasteiger partial charge is 0.378 e. The van der Waals surface area contributed by atoms with Crippen LogP contribution in [0.1, 0.15) is 22.9 Å². The second-order valence-electron chi connectivity index (χ2n) is 4.96. The van der Waals surface area contributed by atoms with E-state index in [1.165, 1.54) is 16.7 Å². The van der Waals surface area contributed by atoms with E-state index in [9.17, 15) is 8.42 Å². The lowest BCUT2D eigenvalue weighted by atomic mass is 10.1. The number of aryl methyl sites for hydroxylation is 1. The van der Waals surface area contributed by atoms with Crippen molar-refractivity contribution < 1.29 is 8.42 Å². The number of fused-ring (bicyclic) bond motifs is 1. The zero-order chi connectivity index (χ0) is 14.3. The van der Waals surface area contributed by atoms with Gasteiger partial charge in [0, 0.05) is 16.8 Å². The van der Waals surface area contributed by atoms with Gasteiger partial charge in [-0.1, -0.05) is 17.7 Å².